The lowest BCUT2D eigenvalue weighted by molar-refractivity contribution is 0.389. The van der Waals surface area contributed by atoms with Gasteiger partial charge in [0.25, 0.3) is 0 Å². The van der Waals surface area contributed by atoms with Crippen LogP contribution in [0.25, 0.3) is 0 Å². The van der Waals surface area contributed by atoms with Gasteiger partial charge >= 0.3 is 0 Å². The maximum atomic E-state index is 12.9. The van der Waals surface area contributed by atoms with Crippen LogP contribution in [0.5, 0.6) is 5.88 Å². The highest BCUT2D eigenvalue weighted by atomic mass is 35.5. The molecule has 0 saturated carbocycles. The topological polar surface area (TPSA) is 34.2 Å². The number of nitrogens with zero attached hydrogens (tertiary/aromatic N) is 1. The van der Waals surface area contributed by atoms with Crippen molar-refractivity contribution in [3.8, 4) is 5.88 Å². The van der Waals surface area contributed by atoms with Gasteiger partial charge in [0.05, 0.1) is 7.11 Å². The van der Waals surface area contributed by atoms with E-state index >= 15 is 0 Å². The number of aromatic nitrogens is 1. The number of rotatable bonds is 3. The largest absolute Gasteiger partial charge is 0.481 e. The van der Waals surface area contributed by atoms with Gasteiger partial charge in [0, 0.05) is 12.1 Å². The van der Waals surface area contributed by atoms with Crippen molar-refractivity contribution < 1.29 is 9.13 Å². The minimum atomic E-state index is -0.535. The molecule has 0 aromatic carbocycles. The minimum absolute atomic E-state index is 0. The molecular formula is C8H11Cl2FN2O. The average Bonchev–Trinajstić information content (AvgIpc) is 2.11. The highest BCUT2D eigenvalue weighted by Crippen LogP contribution is 2.21. The Bertz CT molecular complexity index is 310. The molecule has 1 aromatic heterocycles. The average molecular weight is 241 g/mol. The first kappa shape index (κ1) is 13.4. The smallest absolute Gasteiger partial charge is 0.219 e. The van der Waals surface area contributed by atoms with Crippen molar-refractivity contribution in [1.82, 2.24) is 10.3 Å². The van der Waals surface area contributed by atoms with Crippen molar-refractivity contribution in [2.24, 2.45) is 0 Å². The van der Waals surface area contributed by atoms with Gasteiger partial charge in [0.1, 0.15) is 0 Å². The van der Waals surface area contributed by atoms with Crippen molar-refractivity contribution >= 4 is 24.0 Å². The molecule has 1 heterocycles. The monoisotopic (exact) mass is 240 g/mol. The summed E-state index contributed by atoms with van der Waals surface area (Å²) in [5.41, 5.74) is 0.645. The van der Waals surface area contributed by atoms with E-state index in [1.807, 2.05) is 0 Å². The number of halogens is 3. The summed E-state index contributed by atoms with van der Waals surface area (Å²) in [6, 6.07) is 1.31. The van der Waals surface area contributed by atoms with Gasteiger partial charge in [-0.25, -0.2) is 4.39 Å². The summed E-state index contributed by atoms with van der Waals surface area (Å²) in [4.78, 5) is 3.74. The van der Waals surface area contributed by atoms with Gasteiger partial charge in [0.2, 0.25) is 5.88 Å². The van der Waals surface area contributed by atoms with Crippen LogP contribution < -0.4 is 10.1 Å². The third kappa shape index (κ3) is 2.97. The van der Waals surface area contributed by atoms with Gasteiger partial charge < -0.3 is 10.1 Å². The number of ether oxygens (including phenoxy) is 1. The van der Waals surface area contributed by atoms with Crippen molar-refractivity contribution in [2.75, 3.05) is 14.2 Å². The molecule has 1 aromatic rings. The molecule has 0 spiro atoms. The van der Waals surface area contributed by atoms with Gasteiger partial charge in [-0.2, -0.15) is 4.98 Å². The number of hydrogen-bond donors (Lipinski definition) is 1. The second-order valence-corrected chi connectivity index (χ2v) is 2.82. The van der Waals surface area contributed by atoms with Crippen LogP contribution in [0.15, 0.2) is 6.07 Å². The first-order chi connectivity index (χ1) is 6.19. The summed E-state index contributed by atoms with van der Waals surface area (Å²) in [7, 11) is 3.22. The van der Waals surface area contributed by atoms with Gasteiger partial charge in [-0.1, -0.05) is 11.6 Å². The minimum Gasteiger partial charge on any atom is -0.481 e. The fourth-order valence-corrected chi connectivity index (χ4v) is 1.11. The molecule has 0 unspecified atom stereocenters. The number of pyridine rings is 1. The second-order valence-electron chi connectivity index (χ2n) is 2.46. The van der Waals surface area contributed by atoms with Crippen LogP contribution in [0, 0.1) is 5.82 Å². The molecule has 1 N–H and O–H groups in total. The summed E-state index contributed by atoms with van der Waals surface area (Å²) >= 11 is 5.48. The number of methoxy groups -OCH3 is 1. The Hall–Kier alpha value is -0.580. The maximum absolute atomic E-state index is 12.9. The lowest BCUT2D eigenvalue weighted by Crippen LogP contribution is -2.08. The van der Waals surface area contributed by atoms with Crippen LogP contribution in [0.4, 0.5) is 4.39 Å². The predicted octanol–water partition coefficient (Wildman–Crippen LogP) is 2.02. The Morgan fingerprint density at radius 1 is 1.64 bits per heavy atom. The van der Waals surface area contributed by atoms with Crippen LogP contribution in [-0.2, 0) is 6.54 Å². The second kappa shape index (κ2) is 6.01. The lowest BCUT2D eigenvalue weighted by atomic mass is 10.2. The van der Waals surface area contributed by atoms with Crippen LogP contribution in [0.3, 0.4) is 0 Å². The van der Waals surface area contributed by atoms with Crippen LogP contribution in [-0.4, -0.2) is 19.1 Å². The summed E-state index contributed by atoms with van der Waals surface area (Å²) in [6.07, 6.45) is 0. The zero-order valence-electron chi connectivity index (χ0n) is 7.80. The summed E-state index contributed by atoms with van der Waals surface area (Å²) in [5, 5.41) is 2.71. The Kier molecular flexibility index (Phi) is 5.76. The lowest BCUT2D eigenvalue weighted by Gasteiger charge is -2.07. The third-order valence-corrected chi connectivity index (χ3v) is 1.80. The normalized spacial score (nSPS) is 9.43. The Morgan fingerprint density at radius 2 is 2.29 bits per heavy atom. The molecule has 0 fully saturated rings. The molecule has 1 rings (SSSR count). The van der Waals surface area contributed by atoms with E-state index < -0.39 is 5.82 Å². The van der Waals surface area contributed by atoms with Crippen LogP contribution in [0.1, 0.15) is 5.56 Å². The Morgan fingerprint density at radius 3 is 2.79 bits per heavy atom. The fourth-order valence-electron chi connectivity index (χ4n) is 0.982. The predicted molar refractivity (Wildman–Crippen MR) is 55.8 cm³/mol. The van der Waals surface area contributed by atoms with E-state index in [0.29, 0.717) is 18.0 Å². The summed E-state index contributed by atoms with van der Waals surface area (Å²) < 4.78 is 17.9. The van der Waals surface area contributed by atoms with Crippen LogP contribution >= 0.6 is 24.0 Å². The fraction of sp³-hybridized carbons (Fsp3) is 0.375. The van der Waals surface area contributed by atoms with E-state index in [1.54, 1.807) is 7.05 Å². The molecule has 0 atom stereocenters. The molecule has 0 saturated heterocycles. The van der Waals surface area contributed by atoms with Gasteiger partial charge in [-0.05, 0) is 13.1 Å². The molecule has 3 nitrogen and oxygen atoms in total. The summed E-state index contributed by atoms with van der Waals surface area (Å²) in [6.45, 7) is 0.490. The first-order valence-electron chi connectivity index (χ1n) is 3.72. The van der Waals surface area contributed by atoms with Gasteiger partial charge in [-0.15, -0.1) is 12.4 Å². The van der Waals surface area contributed by atoms with E-state index in [4.69, 9.17) is 16.3 Å². The summed E-state index contributed by atoms with van der Waals surface area (Å²) in [5.74, 6) is -0.187. The van der Waals surface area contributed by atoms with Crippen molar-refractivity contribution in [1.29, 1.82) is 0 Å². The molecule has 0 bridgehead atoms. The van der Waals surface area contributed by atoms with Crippen molar-refractivity contribution in [3.05, 3.63) is 22.6 Å². The van der Waals surface area contributed by atoms with Crippen molar-refractivity contribution in [3.63, 3.8) is 0 Å². The van der Waals surface area contributed by atoms with Gasteiger partial charge in [0.15, 0.2) is 11.0 Å². The zero-order valence-corrected chi connectivity index (χ0v) is 9.38. The molecule has 0 amide bonds. The van der Waals surface area contributed by atoms with Gasteiger partial charge in [-0.3, -0.25) is 0 Å². The quantitative estimate of drug-likeness (QED) is 0.822. The number of nitrogens with one attached hydrogen (secondary N) is 1. The van der Waals surface area contributed by atoms with E-state index in [1.165, 1.54) is 13.2 Å². The van der Waals surface area contributed by atoms with E-state index in [-0.39, 0.29) is 17.6 Å². The molecule has 0 aliphatic heterocycles. The van der Waals surface area contributed by atoms with Crippen molar-refractivity contribution in [2.45, 2.75) is 6.54 Å². The molecule has 0 aliphatic carbocycles. The zero-order chi connectivity index (χ0) is 9.84. The highest BCUT2D eigenvalue weighted by molar-refractivity contribution is 6.29. The molecule has 80 valence electrons. The Balaban J connectivity index is 0.00000169. The molecule has 6 heteroatoms. The molecule has 14 heavy (non-hydrogen) atoms. The molecular weight excluding hydrogens is 230 g/mol. The molecule has 0 radical (unpaired) electrons. The first-order valence-corrected chi connectivity index (χ1v) is 4.10. The maximum Gasteiger partial charge on any atom is 0.219 e. The highest BCUT2D eigenvalue weighted by Gasteiger charge is 2.09. The van der Waals surface area contributed by atoms with E-state index in [2.05, 4.69) is 10.3 Å². The SMILES string of the molecule is CNCc1cc(F)c(Cl)nc1OC.Cl. The standard InChI is InChI=1S/C8H10ClFN2O.ClH/c1-11-4-5-3-6(10)7(9)12-8(5)13-2;/h3,11H,4H2,1-2H3;1H. The molecule has 0 aliphatic rings. The van der Waals surface area contributed by atoms with Crippen LogP contribution in [0.2, 0.25) is 5.15 Å². The van der Waals surface area contributed by atoms with E-state index in [9.17, 15) is 4.39 Å². The number of hydrogen-bond acceptors (Lipinski definition) is 3. The van der Waals surface area contributed by atoms with E-state index in [0.717, 1.165) is 0 Å². The third-order valence-electron chi connectivity index (χ3n) is 1.53. The Labute approximate surface area is 93.0 Å².